The molecule has 3 rings (SSSR count). The van der Waals surface area contributed by atoms with Gasteiger partial charge in [-0.2, -0.15) is 30.3 Å². The molecule has 0 aliphatic carbocycles. The van der Waals surface area contributed by atoms with Gasteiger partial charge in [-0.3, -0.25) is 0 Å². The molecule has 30 heavy (non-hydrogen) atoms. The van der Waals surface area contributed by atoms with Crippen molar-refractivity contribution in [2.45, 2.75) is 13.1 Å². The maximum atomic E-state index is 11.9. The fourth-order valence-corrected chi connectivity index (χ4v) is 3.35. The van der Waals surface area contributed by atoms with Crippen LogP contribution in [0.15, 0.2) is 78.9 Å². The summed E-state index contributed by atoms with van der Waals surface area (Å²) in [5.74, 6) is -0.346. The minimum Gasteiger partial charge on any atom is -0.463 e. The number of rotatable bonds is 7. The molecular weight excluding hydrogens is 465 g/mol. The Morgan fingerprint density at radius 3 is 1.83 bits per heavy atom. The summed E-state index contributed by atoms with van der Waals surface area (Å²) >= 11 is 0. The minimum atomic E-state index is -1.90. The fourth-order valence-electron chi connectivity index (χ4n) is 2.74. The van der Waals surface area contributed by atoms with Gasteiger partial charge in [-0.1, -0.05) is 48.5 Å². The number of hydrogen-bond donors (Lipinski definition) is 0. The molecule has 3 aromatic rings. The van der Waals surface area contributed by atoms with Gasteiger partial charge in [-0.25, -0.2) is 4.79 Å². The molecule has 0 fully saturated rings. The van der Waals surface area contributed by atoms with Gasteiger partial charge in [0.05, 0.1) is 0 Å². The summed E-state index contributed by atoms with van der Waals surface area (Å²) in [5.41, 5.74) is 5.59. The van der Waals surface area contributed by atoms with E-state index < -0.39 is 8.32 Å². The molecule has 151 valence electrons. The molecule has 0 amide bonds. The summed E-state index contributed by atoms with van der Waals surface area (Å²) in [6, 6.07) is 27.6. The molecule has 0 spiro atoms. The second kappa shape index (κ2) is 11.5. The van der Waals surface area contributed by atoms with Crippen LogP contribution in [0.5, 0.6) is 0 Å². The molecule has 0 bridgehead atoms. The van der Waals surface area contributed by atoms with Crippen LogP contribution >= 0.6 is 0 Å². The SMILES string of the molecule is CO[Si](C)(C)COC(=O)C=Cc1ccc(-c2ccc(-c3cc[c-]cc3)cc2)cc1.[Y]. The molecule has 1 radical (unpaired) electrons. The van der Waals surface area contributed by atoms with E-state index in [0.717, 1.165) is 16.7 Å². The summed E-state index contributed by atoms with van der Waals surface area (Å²) in [5, 5.41) is 0. The first-order valence-electron chi connectivity index (χ1n) is 9.54. The average molecular weight is 490 g/mol. The number of carbonyl (C=O) groups excluding carboxylic acids is 1. The smallest absolute Gasteiger partial charge is 0.330 e. The molecule has 3 aromatic carbocycles. The zero-order valence-electron chi connectivity index (χ0n) is 17.6. The van der Waals surface area contributed by atoms with Crippen LogP contribution in [0.25, 0.3) is 28.3 Å². The van der Waals surface area contributed by atoms with Crippen LogP contribution in [-0.2, 0) is 46.7 Å². The first kappa shape index (κ1) is 24.4. The van der Waals surface area contributed by atoms with Gasteiger partial charge in [-0.15, -0.1) is 5.56 Å². The van der Waals surface area contributed by atoms with Gasteiger partial charge >= 0.3 is 5.97 Å². The predicted octanol–water partition coefficient (Wildman–Crippen LogP) is 5.77. The Hall–Kier alpha value is -1.85. The maximum Gasteiger partial charge on any atom is 0.330 e. The second-order valence-corrected chi connectivity index (χ2v) is 11.6. The van der Waals surface area contributed by atoms with Crippen molar-refractivity contribution in [1.29, 1.82) is 0 Å². The summed E-state index contributed by atoms with van der Waals surface area (Å²) < 4.78 is 10.6. The van der Waals surface area contributed by atoms with Gasteiger partial charge in [0.1, 0.15) is 6.23 Å². The van der Waals surface area contributed by atoms with E-state index in [-0.39, 0.29) is 38.7 Å². The number of hydrogen-bond acceptors (Lipinski definition) is 3. The van der Waals surface area contributed by atoms with Crippen LogP contribution in [0, 0.1) is 6.07 Å². The van der Waals surface area contributed by atoms with E-state index in [1.165, 1.54) is 17.2 Å². The third kappa shape index (κ3) is 7.13. The largest absolute Gasteiger partial charge is 0.463 e. The van der Waals surface area contributed by atoms with E-state index in [9.17, 15) is 4.79 Å². The summed E-state index contributed by atoms with van der Waals surface area (Å²) in [6.07, 6.45) is 3.58. The van der Waals surface area contributed by atoms with Crippen LogP contribution in [0.4, 0.5) is 0 Å². The first-order chi connectivity index (χ1) is 14.0. The van der Waals surface area contributed by atoms with Crippen LogP contribution in [0.3, 0.4) is 0 Å². The van der Waals surface area contributed by atoms with Crippen LogP contribution in [0.1, 0.15) is 5.56 Å². The molecule has 0 saturated heterocycles. The Morgan fingerprint density at radius 2 is 1.33 bits per heavy atom. The number of esters is 1. The van der Waals surface area contributed by atoms with E-state index in [2.05, 4.69) is 54.6 Å². The van der Waals surface area contributed by atoms with Crippen LogP contribution in [-0.4, -0.2) is 27.6 Å². The predicted molar refractivity (Wildman–Crippen MR) is 121 cm³/mol. The summed E-state index contributed by atoms with van der Waals surface area (Å²) in [6.45, 7) is 4.02. The molecular formula is C25H25O3SiY-. The first-order valence-corrected chi connectivity index (χ1v) is 12.7. The molecule has 0 atom stereocenters. The summed E-state index contributed by atoms with van der Waals surface area (Å²) in [7, 11) is -0.240. The van der Waals surface area contributed by atoms with Crippen molar-refractivity contribution in [3.63, 3.8) is 0 Å². The molecule has 3 nitrogen and oxygen atoms in total. The molecule has 0 saturated carbocycles. The van der Waals surface area contributed by atoms with Crippen molar-refractivity contribution in [2.24, 2.45) is 0 Å². The quantitative estimate of drug-likeness (QED) is 0.183. The number of ether oxygens (including phenoxy) is 1. The van der Waals surface area contributed by atoms with Crippen LogP contribution < -0.4 is 0 Å². The maximum absolute atomic E-state index is 11.9. The Labute approximate surface area is 205 Å². The fraction of sp³-hybridized carbons (Fsp3) is 0.160. The van der Waals surface area contributed by atoms with Gasteiger partial charge < -0.3 is 9.16 Å². The standard InChI is InChI=1S/C25H25O3Si.Y/c1-27-29(2,3)19-28-25(26)18-11-20-9-12-22(13-10-20)24-16-14-23(15-17-24)21-7-5-4-6-8-21;/h5-18H,19H2,1-3H3;/q-1;. The van der Waals surface area contributed by atoms with Crippen molar-refractivity contribution in [3.05, 3.63) is 90.5 Å². The third-order valence-corrected chi connectivity index (χ3v) is 6.65. The second-order valence-electron chi connectivity index (χ2n) is 7.39. The van der Waals surface area contributed by atoms with Crippen LogP contribution in [0.2, 0.25) is 13.1 Å². The van der Waals surface area contributed by atoms with Gasteiger partial charge in [-0.05, 0) is 41.4 Å². The molecule has 0 aliphatic rings. The molecule has 0 heterocycles. The minimum absolute atomic E-state index is 0. The number of benzene rings is 3. The monoisotopic (exact) mass is 490 g/mol. The van der Waals surface area contributed by atoms with Gasteiger partial charge in [0.15, 0.2) is 0 Å². The molecule has 0 N–H and O–H groups in total. The Balaban J connectivity index is 0.00000320. The normalized spacial score (nSPS) is 11.2. The third-order valence-electron chi connectivity index (χ3n) is 4.71. The molecule has 0 aromatic heterocycles. The molecule has 0 aliphatic heterocycles. The van der Waals surface area contributed by atoms with Crippen molar-refractivity contribution in [3.8, 4) is 22.3 Å². The van der Waals surface area contributed by atoms with Crippen molar-refractivity contribution in [2.75, 3.05) is 13.3 Å². The van der Waals surface area contributed by atoms with Crippen molar-refractivity contribution in [1.82, 2.24) is 0 Å². The van der Waals surface area contributed by atoms with Gasteiger partial charge in [0, 0.05) is 45.9 Å². The zero-order chi connectivity index (χ0) is 20.7. The van der Waals surface area contributed by atoms with E-state index in [4.69, 9.17) is 9.16 Å². The van der Waals surface area contributed by atoms with Crippen molar-refractivity contribution >= 4 is 20.4 Å². The summed E-state index contributed by atoms with van der Waals surface area (Å²) in [4.78, 5) is 11.9. The zero-order valence-corrected chi connectivity index (χ0v) is 21.4. The molecule has 5 heteroatoms. The van der Waals surface area contributed by atoms with Gasteiger partial charge in [0.25, 0.3) is 0 Å². The molecule has 0 unspecified atom stereocenters. The van der Waals surface area contributed by atoms with Gasteiger partial charge in [0.2, 0.25) is 8.32 Å². The van der Waals surface area contributed by atoms with E-state index in [1.54, 1.807) is 13.2 Å². The van der Waals surface area contributed by atoms with E-state index >= 15 is 0 Å². The van der Waals surface area contributed by atoms with Crippen molar-refractivity contribution < 1.29 is 46.7 Å². The number of carbonyl (C=O) groups is 1. The van der Waals surface area contributed by atoms with E-state index in [0.29, 0.717) is 6.23 Å². The van der Waals surface area contributed by atoms with E-state index in [1.807, 2.05) is 37.4 Å². The Morgan fingerprint density at radius 1 is 0.867 bits per heavy atom. The average Bonchev–Trinajstić information content (AvgIpc) is 2.77. The Kier molecular flexibility index (Phi) is 9.38. The topological polar surface area (TPSA) is 35.5 Å². The Bertz CT molecular complexity index is 966.